The fraction of sp³-hybridized carbons (Fsp3) is 0.429. The molecule has 0 unspecified atom stereocenters. The summed E-state index contributed by atoms with van der Waals surface area (Å²) in [6, 6.07) is 0.671. The Morgan fingerprint density at radius 1 is 0.778 bits per heavy atom. The average molecular weight is 412 g/mol. The second kappa shape index (κ2) is 6.93. The van der Waals surface area contributed by atoms with Crippen LogP contribution in [0.3, 0.4) is 0 Å². The van der Waals surface area contributed by atoms with Gasteiger partial charge >= 0.3 is 35.9 Å². The molecule has 0 heterocycles. The van der Waals surface area contributed by atoms with Crippen LogP contribution in [0.15, 0.2) is 18.2 Å². The maximum absolute atomic E-state index is 14.0. The van der Waals surface area contributed by atoms with Crippen molar-refractivity contribution in [1.82, 2.24) is 0 Å². The Hall–Kier alpha value is -2.47. The number of hydrogen-bond donors (Lipinski definition) is 0. The van der Waals surface area contributed by atoms with Crippen molar-refractivity contribution in [2.75, 3.05) is 0 Å². The van der Waals surface area contributed by atoms with Crippen LogP contribution in [-0.4, -0.2) is 30.0 Å². The van der Waals surface area contributed by atoms with E-state index in [9.17, 15) is 49.1 Å². The number of hydrogen-bond acceptors (Lipinski definition) is 4. The van der Waals surface area contributed by atoms with Crippen LogP contribution in [0.5, 0.6) is 11.5 Å². The van der Waals surface area contributed by atoms with Crippen molar-refractivity contribution in [3.8, 4) is 11.5 Å². The van der Waals surface area contributed by atoms with E-state index in [0.29, 0.717) is 13.0 Å². The molecule has 0 saturated heterocycles. The molecule has 1 aromatic carbocycles. The van der Waals surface area contributed by atoms with Crippen molar-refractivity contribution < 1.29 is 58.6 Å². The first-order chi connectivity index (χ1) is 11.9. The highest BCUT2D eigenvalue weighted by molar-refractivity contribution is 5.72. The van der Waals surface area contributed by atoms with E-state index in [0.717, 1.165) is 6.92 Å². The predicted molar refractivity (Wildman–Crippen MR) is 68.9 cm³/mol. The predicted octanol–water partition coefficient (Wildman–Crippen LogP) is 4.46. The van der Waals surface area contributed by atoms with Crippen LogP contribution in [0.4, 0.5) is 39.5 Å². The molecule has 0 amide bonds. The Morgan fingerprint density at radius 2 is 1.26 bits per heavy atom. The molecular formula is C14H9F9O4. The third-order valence-corrected chi connectivity index (χ3v) is 2.95. The van der Waals surface area contributed by atoms with Crippen LogP contribution in [0.2, 0.25) is 0 Å². The lowest BCUT2D eigenvalue weighted by Gasteiger charge is -2.34. The first-order valence-corrected chi connectivity index (χ1v) is 6.66. The quantitative estimate of drug-likeness (QED) is 0.407. The lowest BCUT2D eigenvalue weighted by molar-refractivity contribution is -0.399. The largest absolute Gasteiger partial charge is 0.460 e. The van der Waals surface area contributed by atoms with E-state index >= 15 is 0 Å². The van der Waals surface area contributed by atoms with Gasteiger partial charge in [0.15, 0.2) is 0 Å². The lowest BCUT2D eigenvalue weighted by atomic mass is 9.96. The number of benzene rings is 1. The number of halogens is 9. The van der Waals surface area contributed by atoms with E-state index in [-0.39, 0.29) is 12.1 Å². The minimum absolute atomic E-state index is 0.0308. The summed E-state index contributed by atoms with van der Waals surface area (Å²) in [7, 11) is 0. The van der Waals surface area contributed by atoms with E-state index in [1.165, 1.54) is 0 Å². The fourth-order valence-corrected chi connectivity index (χ4v) is 1.78. The zero-order valence-electron chi connectivity index (χ0n) is 13.3. The summed E-state index contributed by atoms with van der Waals surface area (Å²) < 4.78 is 126. The van der Waals surface area contributed by atoms with Gasteiger partial charge in [0.2, 0.25) is 0 Å². The van der Waals surface area contributed by atoms with E-state index in [1.54, 1.807) is 0 Å². The average Bonchev–Trinajstić information content (AvgIpc) is 2.44. The van der Waals surface area contributed by atoms with Crippen LogP contribution in [-0.2, 0) is 15.5 Å². The zero-order chi connectivity index (χ0) is 21.4. The molecule has 27 heavy (non-hydrogen) atoms. The van der Waals surface area contributed by atoms with Gasteiger partial charge in [0.1, 0.15) is 11.5 Å². The topological polar surface area (TPSA) is 52.6 Å². The molecule has 13 heteroatoms. The number of alkyl halides is 9. The third kappa shape index (κ3) is 4.11. The summed E-state index contributed by atoms with van der Waals surface area (Å²) in [5, 5.41) is 0. The van der Waals surface area contributed by atoms with Crippen LogP contribution in [0.25, 0.3) is 0 Å². The van der Waals surface area contributed by atoms with Crippen molar-refractivity contribution >= 4 is 11.9 Å². The van der Waals surface area contributed by atoms with Crippen molar-refractivity contribution in [1.29, 1.82) is 0 Å². The maximum Gasteiger partial charge on any atom is 0.460 e. The number of rotatable bonds is 5. The normalized spacial score (nSPS) is 13.3. The van der Waals surface area contributed by atoms with E-state index in [4.69, 9.17) is 0 Å². The summed E-state index contributed by atoms with van der Waals surface area (Å²) in [4.78, 5) is 21.7. The SMILES string of the molecule is CC(=O)Oc1ccc(C(F)(F)C(F)(F)C(F)(F)C(F)(F)F)c(OC(C)=O)c1. The third-order valence-electron chi connectivity index (χ3n) is 2.95. The Morgan fingerprint density at radius 3 is 1.67 bits per heavy atom. The highest BCUT2D eigenvalue weighted by atomic mass is 19.4. The summed E-state index contributed by atoms with van der Waals surface area (Å²) in [5.41, 5.74) is -2.15. The second-order valence-corrected chi connectivity index (χ2v) is 5.07. The van der Waals surface area contributed by atoms with Crippen molar-refractivity contribution in [3.05, 3.63) is 23.8 Å². The monoisotopic (exact) mass is 412 g/mol. The molecule has 0 N–H and O–H groups in total. The van der Waals surface area contributed by atoms with Gasteiger partial charge in [-0.15, -0.1) is 0 Å². The highest BCUT2D eigenvalue weighted by Gasteiger charge is 2.82. The molecule has 0 saturated carbocycles. The highest BCUT2D eigenvalue weighted by Crippen LogP contribution is 2.58. The molecule has 4 nitrogen and oxygen atoms in total. The van der Waals surface area contributed by atoms with Crippen LogP contribution in [0, 0.1) is 0 Å². The van der Waals surface area contributed by atoms with Gasteiger partial charge in [0, 0.05) is 19.9 Å². The number of ether oxygens (including phenoxy) is 2. The second-order valence-electron chi connectivity index (χ2n) is 5.07. The molecule has 0 radical (unpaired) electrons. The van der Waals surface area contributed by atoms with Crippen LogP contribution in [0.1, 0.15) is 19.4 Å². The minimum Gasteiger partial charge on any atom is -0.427 e. The molecule has 152 valence electrons. The minimum atomic E-state index is -7.12. The fourth-order valence-electron chi connectivity index (χ4n) is 1.78. The standard InChI is InChI=1S/C14H9F9O4/c1-6(24)26-8-3-4-9(10(5-8)27-7(2)25)11(15,16)12(17,18)13(19,20)14(21,22)23/h3-5H,1-2H3. The number of esters is 2. The molecule has 0 fully saturated rings. The smallest absolute Gasteiger partial charge is 0.427 e. The van der Waals surface area contributed by atoms with Gasteiger partial charge in [0.25, 0.3) is 0 Å². The van der Waals surface area contributed by atoms with Crippen LogP contribution >= 0.6 is 0 Å². The van der Waals surface area contributed by atoms with Crippen molar-refractivity contribution in [2.24, 2.45) is 0 Å². The molecule has 0 aliphatic rings. The Labute approximate surface area is 144 Å². The van der Waals surface area contributed by atoms with Gasteiger partial charge in [-0.1, -0.05) is 0 Å². The van der Waals surface area contributed by atoms with Gasteiger partial charge < -0.3 is 9.47 Å². The van der Waals surface area contributed by atoms with Crippen molar-refractivity contribution in [2.45, 2.75) is 37.8 Å². The number of carbonyl (C=O) groups is 2. The molecule has 0 atom stereocenters. The zero-order valence-corrected chi connectivity index (χ0v) is 13.3. The molecule has 0 bridgehead atoms. The summed E-state index contributed by atoms with van der Waals surface area (Å²) >= 11 is 0. The Bertz CT molecular complexity index is 741. The van der Waals surface area contributed by atoms with E-state index < -0.39 is 52.9 Å². The van der Waals surface area contributed by atoms with Gasteiger partial charge in [-0.25, -0.2) is 0 Å². The first-order valence-electron chi connectivity index (χ1n) is 6.66. The Kier molecular flexibility index (Phi) is 5.79. The summed E-state index contributed by atoms with van der Waals surface area (Å²) in [6.45, 7) is 1.47. The maximum atomic E-state index is 14.0. The van der Waals surface area contributed by atoms with Gasteiger partial charge in [-0.05, 0) is 12.1 Å². The molecule has 0 spiro atoms. The molecule has 0 aliphatic heterocycles. The van der Waals surface area contributed by atoms with Crippen LogP contribution < -0.4 is 9.47 Å². The molecular weight excluding hydrogens is 403 g/mol. The van der Waals surface area contributed by atoms with Gasteiger partial charge in [-0.2, -0.15) is 39.5 Å². The van der Waals surface area contributed by atoms with Gasteiger partial charge in [0.05, 0.1) is 5.56 Å². The Balaban J connectivity index is 3.60. The summed E-state index contributed by atoms with van der Waals surface area (Å²) in [6.07, 6.45) is -7.00. The molecule has 0 aliphatic carbocycles. The lowest BCUT2D eigenvalue weighted by Crippen LogP contribution is -2.59. The first kappa shape index (κ1) is 22.6. The van der Waals surface area contributed by atoms with Crippen molar-refractivity contribution in [3.63, 3.8) is 0 Å². The van der Waals surface area contributed by atoms with E-state index in [2.05, 4.69) is 9.47 Å². The molecule has 1 aromatic rings. The number of carbonyl (C=O) groups excluding carboxylic acids is 2. The molecule has 0 aromatic heterocycles. The molecule has 1 rings (SSSR count). The van der Waals surface area contributed by atoms with E-state index in [1.807, 2.05) is 0 Å². The van der Waals surface area contributed by atoms with Gasteiger partial charge in [-0.3, -0.25) is 9.59 Å². The summed E-state index contributed by atoms with van der Waals surface area (Å²) in [5.74, 6) is -24.7.